The van der Waals surface area contributed by atoms with Crippen LogP contribution in [-0.2, 0) is 4.79 Å². The van der Waals surface area contributed by atoms with Crippen molar-refractivity contribution in [3.63, 3.8) is 0 Å². The molecule has 4 heteroatoms. The van der Waals surface area contributed by atoms with E-state index in [1.54, 1.807) is 0 Å². The van der Waals surface area contributed by atoms with E-state index in [1.807, 2.05) is 35.2 Å². The Morgan fingerprint density at radius 3 is 2.60 bits per heavy atom. The molecular formula is C16H20N2O2. The summed E-state index contributed by atoms with van der Waals surface area (Å²) in [5.74, 6) is 0.984. The summed E-state index contributed by atoms with van der Waals surface area (Å²) in [5.41, 5.74) is 0.691. The maximum atomic E-state index is 12.0. The second kappa shape index (κ2) is 5.65. The lowest BCUT2D eigenvalue weighted by atomic mass is 10.1. The first kappa shape index (κ1) is 13.2. The van der Waals surface area contributed by atoms with Crippen LogP contribution >= 0.6 is 0 Å². The van der Waals surface area contributed by atoms with Crippen LogP contribution in [0.5, 0.6) is 0 Å². The minimum absolute atomic E-state index is 0.0300. The molecule has 1 heterocycles. The highest BCUT2D eigenvalue weighted by atomic mass is 16.2. The van der Waals surface area contributed by atoms with E-state index in [-0.39, 0.29) is 5.91 Å². The van der Waals surface area contributed by atoms with E-state index >= 15 is 0 Å². The lowest BCUT2D eigenvalue weighted by molar-refractivity contribution is -0.131. The van der Waals surface area contributed by atoms with Crippen molar-refractivity contribution in [2.24, 2.45) is 11.8 Å². The van der Waals surface area contributed by atoms with Crippen molar-refractivity contribution in [1.82, 2.24) is 10.2 Å². The van der Waals surface area contributed by atoms with Gasteiger partial charge in [-0.2, -0.15) is 0 Å². The summed E-state index contributed by atoms with van der Waals surface area (Å²) in [6.07, 6.45) is 3.11. The van der Waals surface area contributed by atoms with E-state index < -0.39 is 0 Å². The SMILES string of the molecule is O=C(NC[C@@H]1CCN(C(=O)C2CC2)C1)c1ccccc1. The van der Waals surface area contributed by atoms with Crippen LogP contribution in [0, 0.1) is 11.8 Å². The van der Waals surface area contributed by atoms with E-state index in [1.165, 1.54) is 0 Å². The highest BCUT2D eigenvalue weighted by Crippen LogP contribution is 2.32. The predicted octanol–water partition coefficient (Wildman–Crippen LogP) is 1.67. The number of nitrogens with one attached hydrogen (secondary N) is 1. The summed E-state index contributed by atoms with van der Waals surface area (Å²) in [5, 5.41) is 2.97. The van der Waals surface area contributed by atoms with Crippen LogP contribution in [0.2, 0.25) is 0 Å². The highest BCUT2D eigenvalue weighted by Gasteiger charge is 2.36. The van der Waals surface area contributed by atoms with Crippen molar-refractivity contribution in [3.8, 4) is 0 Å². The summed E-state index contributed by atoms with van der Waals surface area (Å²) in [7, 11) is 0. The van der Waals surface area contributed by atoms with Gasteiger partial charge in [0, 0.05) is 31.1 Å². The van der Waals surface area contributed by atoms with Gasteiger partial charge in [0.1, 0.15) is 0 Å². The minimum Gasteiger partial charge on any atom is -0.352 e. The van der Waals surface area contributed by atoms with Crippen LogP contribution in [-0.4, -0.2) is 36.3 Å². The number of likely N-dealkylation sites (tertiary alicyclic amines) is 1. The fourth-order valence-electron chi connectivity index (χ4n) is 2.72. The average Bonchev–Trinajstić information content (AvgIpc) is 3.23. The van der Waals surface area contributed by atoms with Gasteiger partial charge in [0.2, 0.25) is 5.91 Å². The van der Waals surface area contributed by atoms with Gasteiger partial charge in [-0.1, -0.05) is 18.2 Å². The van der Waals surface area contributed by atoms with Crippen molar-refractivity contribution >= 4 is 11.8 Å². The number of carbonyl (C=O) groups is 2. The molecule has 1 atom stereocenters. The topological polar surface area (TPSA) is 49.4 Å². The summed E-state index contributed by atoms with van der Waals surface area (Å²) in [6.45, 7) is 2.30. The first-order valence-corrected chi connectivity index (χ1v) is 7.36. The molecule has 1 aromatic rings. The second-order valence-electron chi connectivity index (χ2n) is 5.79. The predicted molar refractivity (Wildman–Crippen MR) is 76.2 cm³/mol. The smallest absolute Gasteiger partial charge is 0.251 e. The molecule has 0 spiro atoms. The van der Waals surface area contributed by atoms with Gasteiger partial charge < -0.3 is 10.2 Å². The first-order valence-electron chi connectivity index (χ1n) is 7.36. The molecule has 0 unspecified atom stereocenters. The number of nitrogens with zero attached hydrogens (tertiary/aromatic N) is 1. The van der Waals surface area contributed by atoms with Gasteiger partial charge in [0.05, 0.1) is 0 Å². The molecule has 20 heavy (non-hydrogen) atoms. The molecule has 2 fully saturated rings. The number of benzene rings is 1. The van der Waals surface area contributed by atoms with Gasteiger partial charge in [-0.25, -0.2) is 0 Å². The van der Waals surface area contributed by atoms with Crippen molar-refractivity contribution < 1.29 is 9.59 Å². The summed E-state index contributed by atoms with van der Waals surface area (Å²) < 4.78 is 0. The number of rotatable bonds is 4. The van der Waals surface area contributed by atoms with Crippen molar-refractivity contribution in [1.29, 1.82) is 0 Å². The van der Waals surface area contributed by atoms with Crippen LogP contribution in [0.4, 0.5) is 0 Å². The highest BCUT2D eigenvalue weighted by molar-refractivity contribution is 5.94. The molecule has 1 aromatic carbocycles. The zero-order valence-electron chi connectivity index (χ0n) is 11.5. The lowest BCUT2D eigenvalue weighted by Gasteiger charge is -2.16. The van der Waals surface area contributed by atoms with Gasteiger partial charge >= 0.3 is 0 Å². The molecule has 0 radical (unpaired) electrons. The fourth-order valence-corrected chi connectivity index (χ4v) is 2.72. The summed E-state index contributed by atoms with van der Waals surface area (Å²) in [6, 6.07) is 9.25. The summed E-state index contributed by atoms with van der Waals surface area (Å²) in [4.78, 5) is 25.9. The van der Waals surface area contributed by atoms with Gasteiger partial charge in [-0.3, -0.25) is 9.59 Å². The maximum Gasteiger partial charge on any atom is 0.251 e. The van der Waals surface area contributed by atoms with E-state index in [0.717, 1.165) is 32.4 Å². The van der Waals surface area contributed by atoms with Crippen molar-refractivity contribution in [3.05, 3.63) is 35.9 Å². The Hall–Kier alpha value is -1.84. The molecule has 3 rings (SSSR count). The van der Waals surface area contributed by atoms with E-state index in [4.69, 9.17) is 0 Å². The Bertz CT molecular complexity index is 496. The van der Waals surface area contributed by atoms with Crippen LogP contribution in [0.15, 0.2) is 30.3 Å². The van der Waals surface area contributed by atoms with Gasteiger partial charge in [0.15, 0.2) is 0 Å². The van der Waals surface area contributed by atoms with Crippen molar-refractivity contribution in [2.75, 3.05) is 19.6 Å². The molecule has 0 aromatic heterocycles. The zero-order valence-corrected chi connectivity index (χ0v) is 11.5. The molecule has 106 valence electrons. The van der Waals surface area contributed by atoms with Crippen molar-refractivity contribution in [2.45, 2.75) is 19.3 Å². The number of carbonyl (C=O) groups excluding carboxylic acids is 2. The molecule has 0 bridgehead atoms. The normalized spacial score (nSPS) is 21.8. The molecule has 1 saturated carbocycles. The van der Waals surface area contributed by atoms with Crippen LogP contribution < -0.4 is 5.32 Å². The molecule has 4 nitrogen and oxygen atoms in total. The second-order valence-corrected chi connectivity index (χ2v) is 5.79. The third-order valence-corrected chi connectivity index (χ3v) is 4.11. The monoisotopic (exact) mass is 272 g/mol. The third-order valence-electron chi connectivity index (χ3n) is 4.11. The first-order chi connectivity index (χ1) is 9.74. The van der Waals surface area contributed by atoms with Crippen LogP contribution in [0.1, 0.15) is 29.6 Å². The fraction of sp³-hybridized carbons (Fsp3) is 0.500. The lowest BCUT2D eigenvalue weighted by Crippen LogP contribution is -2.33. The number of hydrogen-bond donors (Lipinski definition) is 1. The minimum atomic E-state index is -0.0300. The van der Waals surface area contributed by atoms with Crippen LogP contribution in [0.3, 0.4) is 0 Å². The van der Waals surface area contributed by atoms with Crippen LogP contribution in [0.25, 0.3) is 0 Å². The van der Waals surface area contributed by atoms with E-state index in [0.29, 0.717) is 29.9 Å². The maximum absolute atomic E-state index is 12.0. The van der Waals surface area contributed by atoms with Gasteiger partial charge in [-0.15, -0.1) is 0 Å². The molecule has 2 amide bonds. The molecule has 2 aliphatic rings. The zero-order chi connectivity index (χ0) is 13.9. The Kier molecular flexibility index (Phi) is 3.72. The third kappa shape index (κ3) is 3.00. The quantitative estimate of drug-likeness (QED) is 0.906. The molecule has 1 N–H and O–H groups in total. The molecule has 1 aliphatic heterocycles. The Balaban J connectivity index is 1.45. The molecule has 1 saturated heterocycles. The Labute approximate surface area is 119 Å². The average molecular weight is 272 g/mol. The standard InChI is InChI=1S/C16H20N2O2/c19-15(13-4-2-1-3-5-13)17-10-12-8-9-18(11-12)16(20)14-6-7-14/h1-5,12,14H,6-11H2,(H,17,19)/t12-/m0/s1. The summed E-state index contributed by atoms with van der Waals surface area (Å²) >= 11 is 0. The van der Waals surface area contributed by atoms with E-state index in [9.17, 15) is 9.59 Å². The van der Waals surface area contributed by atoms with Gasteiger partial charge in [0.25, 0.3) is 5.91 Å². The number of amides is 2. The van der Waals surface area contributed by atoms with Gasteiger partial charge in [-0.05, 0) is 37.3 Å². The molecular weight excluding hydrogens is 252 g/mol. The largest absolute Gasteiger partial charge is 0.352 e. The Morgan fingerprint density at radius 2 is 1.90 bits per heavy atom. The van der Waals surface area contributed by atoms with E-state index in [2.05, 4.69) is 5.32 Å². The number of hydrogen-bond acceptors (Lipinski definition) is 2. The Morgan fingerprint density at radius 1 is 1.15 bits per heavy atom. The molecule has 1 aliphatic carbocycles.